The fourth-order valence-corrected chi connectivity index (χ4v) is 2.52. The maximum Gasteiger partial charge on any atom is 0.241 e. The van der Waals surface area contributed by atoms with Crippen LogP contribution in [0.25, 0.3) is 0 Å². The summed E-state index contributed by atoms with van der Waals surface area (Å²) in [6, 6.07) is 8.70. The molecule has 0 radical (unpaired) electrons. The van der Waals surface area contributed by atoms with Crippen LogP contribution in [-0.2, 0) is 9.59 Å². The molecule has 0 aromatic heterocycles. The number of anilines is 1. The largest absolute Gasteiger partial charge is 0.340 e. The van der Waals surface area contributed by atoms with Gasteiger partial charge in [-0.1, -0.05) is 12.1 Å². The van der Waals surface area contributed by atoms with Crippen LogP contribution in [0.4, 0.5) is 5.69 Å². The van der Waals surface area contributed by atoms with Crippen molar-refractivity contribution in [3.8, 4) is 6.07 Å². The number of nitriles is 1. The molecule has 0 saturated carbocycles. The third-order valence-corrected chi connectivity index (χ3v) is 3.99. The third kappa shape index (κ3) is 3.62. The second-order valence-electron chi connectivity index (χ2n) is 5.36. The molecule has 2 amide bonds. The molecule has 1 aromatic rings. The molecule has 1 heterocycles. The quantitative estimate of drug-likeness (QED) is 0.905. The van der Waals surface area contributed by atoms with E-state index in [1.807, 2.05) is 11.8 Å². The highest BCUT2D eigenvalue weighted by Gasteiger charge is 2.26. The van der Waals surface area contributed by atoms with Gasteiger partial charge in [-0.3, -0.25) is 14.5 Å². The monoisotopic (exact) mass is 300 g/mol. The second-order valence-corrected chi connectivity index (χ2v) is 5.36. The summed E-state index contributed by atoms with van der Waals surface area (Å²) in [7, 11) is 0. The molecule has 1 fully saturated rings. The summed E-state index contributed by atoms with van der Waals surface area (Å²) in [6.07, 6.45) is 0. The first-order valence-corrected chi connectivity index (χ1v) is 7.32. The van der Waals surface area contributed by atoms with E-state index in [0.717, 1.165) is 0 Å². The Morgan fingerprint density at radius 1 is 1.23 bits per heavy atom. The van der Waals surface area contributed by atoms with Crippen molar-refractivity contribution in [2.45, 2.75) is 19.9 Å². The van der Waals surface area contributed by atoms with Gasteiger partial charge in [-0.15, -0.1) is 0 Å². The van der Waals surface area contributed by atoms with Gasteiger partial charge in [0.25, 0.3) is 0 Å². The van der Waals surface area contributed by atoms with Gasteiger partial charge in [-0.25, -0.2) is 0 Å². The molecule has 1 saturated heterocycles. The van der Waals surface area contributed by atoms with Crippen molar-refractivity contribution in [2.75, 3.05) is 31.5 Å². The Hall–Kier alpha value is -2.39. The summed E-state index contributed by atoms with van der Waals surface area (Å²) in [6.45, 7) is 6.03. The van der Waals surface area contributed by atoms with Crippen LogP contribution in [-0.4, -0.2) is 53.8 Å². The molecule has 116 valence electrons. The number of hydrogen-bond donors (Lipinski definition) is 1. The first kappa shape index (κ1) is 16.0. The molecule has 0 aliphatic carbocycles. The molecule has 22 heavy (non-hydrogen) atoms. The summed E-state index contributed by atoms with van der Waals surface area (Å²) in [5.41, 5.74) is 0.980. The summed E-state index contributed by atoms with van der Waals surface area (Å²) in [5, 5.41) is 11.9. The van der Waals surface area contributed by atoms with Crippen LogP contribution in [0.1, 0.15) is 19.4 Å². The minimum absolute atomic E-state index is 0.0692. The molecule has 0 bridgehead atoms. The van der Waals surface area contributed by atoms with Gasteiger partial charge in [0, 0.05) is 33.1 Å². The van der Waals surface area contributed by atoms with Gasteiger partial charge >= 0.3 is 0 Å². The van der Waals surface area contributed by atoms with E-state index in [1.165, 1.54) is 0 Å². The number of benzene rings is 1. The topological polar surface area (TPSA) is 76.4 Å². The Morgan fingerprint density at radius 2 is 1.86 bits per heavy atom. The fraction of sp³-hybridized carbons (Fsp3) is 0.438. The molecule has 1 atom stereocenters. The van der Waals surface area contributed by atoms with E-state index >= 15 is 0 Å². The minimum Gasteiger partial charge on any atom is -0.340 e. The van der Waals surface area contributed by atoms with Crippen molar-refractivity contribution in [1.82, 2.24) is 9.80 Å². The van der Waals surface area contributed by atoms with Crippen LogP contribution in [0.2, 0.25) is 0 Å². The fourth-order valence-electron chi connectivity index (χ4n) is 2.52. The van der Waals surface area contributed by atoms with Crippen molar-refractivity contribution in [3.63, 3.8) is 0 Å². The van der Waals surface area contributed by atoms with E-state index < -0.39 is 0 Å². The maximum atomic E-state index is 12.4. The predicted molar refractivity (Wildman–Crippen MR) is 83.1 cm³/mol. The van der Waals surface area contributed by atoms with E-state index in [-0.39, 0.29) is 17.9 Å². The van der Waals surface area contributed by atoms with Gasteiger partial charge in [0.1, 0.15) is 6.07 Å². The Balaban J connectivity index is 1.96. The Bertz CT molecular complexity index is 600. The van der Waals surface area contributed by atoms with E-state index in [2.05, 4.69) is 11.4 Å². The molecular formula is C16H20N4O2. The molecule has 1 aliphatic rings. The van der Waals surface area contributed by atoms with Crippen LogP contribution < -0.4 is 5.32 Å². The van der Waals surface area contributed by atoms with Gasteiger partial charge in [0.2, 0.25) is 11.8 Å². The van der Waals surface area contributed by atoms with Gasteiger partial charge in [-0.05, 0) is 19.1 Å². The van der Waals surface area contributed by atoms with Crippen molar-refractivity contribution in [3.05, 3.63) is 29.8 Å². The second kappa shape index (κ2) is 7.05. The number of nitrogens with one attached hydrogen (secondary N) is 1. The van der Waals surface area contributed by atoms with Gasteiger partial charge < -0.3 is 10.2 Å². The first-order valence-electron chi connectivity index (χ1n) is 7.32. The van der Waals surface area contributed by atoms with Crippen LogP contribution in [0, 0.1) is 11.3 Å². The number of rotatable bonds is 3. The zero-order chi connectivity index (χ0) is 16.1. The standard InChI is InChI=1S/C16H20N4O2/c1-12(19-7-9-20(10-8-19)13(2)21)16(22)18-15-6-4-3-5-14(15)11-17/h3-6,12H,7-10H2,1-2H3,(H,18,22)/t12-/m1/s1. The minimum atomic E-state index is -0.305. The van der Waals surface area contributed by atoms with Crippen LogP contribution in [0.15, 0.2) is 24.3 Å². The normalized spacial score (nSPS) is 16.7. The third-order valence-electron chi connectivity index (χ3n) is 3.99. The lowest BCUT2D eigenvalue weighted by Crippen LogP contribution is -2.53. The molecule has 6 nitrogen and oxygen atoms in total. The highest BCUT2D eigenvalue weighted by atomic mass is 16.2. The smallest absolute Gasteiger partial charge is 0.241 e. The number of piperazine rings is 1. The van der Waals surface area contributed by atoms with E-state index in [0.29, 0.717) is 37.4 Å². The molecule has 6 heteroatoms. The molecule has 2 rings (SSSR count). The lowest BCUT2D eigenvalue weighted by Gasteiger charge is -2.37. The van der Waals surface area contributed by atoms with Crippen LogP contribution >= 0.6 is 0 Å². The molecule has 0 spiro atoms. The van der Waals surface area contributed by atoms with Gasteiger partial charge in [0.15, 0.2) is 0 Å². The molecule has 1 aromatic carbocycles. The average molecular weight is 300 g/mol. The zero-order valence-electron chi connectivity index (χ0n) is 12.9. The average Bonchev–Trinajstić information content (AvgIpc) is 2.54. The lowest BCUT2D eigenvalue weighted by atomic mass is 10.1. The van der Waals surface area contributed by atoms with Gasteiger partial charge in [0.05, 0.1) is 17.3 Å². The number of carbonyl (C=O) groups excluding carboxylic acids is 2. The molecular weight excluding hydrogens is 280 g/mol. The highest BCUT2D eigenvalue weighted by molar-refractivity contribution is 5.95. The zero-order valence-corrected chi connectivity index (χ0v) is 12.9. The molecule has 1 N–H and O–H groups in total. The van der Waals surface area contributed by atoms with Crippen LogP contribution in [0.3, 0.4) is 0 Å². The first-order chi connectivity index (χ1) is 10.5. The Labute approximate surface area is 130 Å². The number of carbonyl (C=O) groups is 2. The predicted octanol–water partition coefficient (Wildman–Crippen LogP) is 1.05. The molecule has 1 aliphatic heterocycles. The molecule has 0 unspecified atom stereocenters. The number of nitrogens with zero attached hydrogens (tertiary/aromatic N) is 3. The summed E-state index contributed by atoms with van der Waals surface area (Å²) in [5.74, 6) is -0.0707. The number of para-hydroxylation sites is 1. The van der Waals surface area contributed by atoms with Crippen molar-refractivity contribution >= 4 is 17.5 Å². The van der Waals surface area contributed by atoms with Gasteiger partial charge in [-0.2, -0.15) is 5.26 Å². The van der Waals surface area contributed by atoms with E-state index in [4.69, 9.17) is 5.26 Å². The van der Waals surface area contributed by atoms with Crippen molar-refractivity contribution in [2.24, 2.45) is 0 Å². The van der Waals surface area contributed by atoms with Crippen LogP contribution in [0.5, 0.6) is 0 Å². The maximum absolute atomic E-state index is 12.4. The van der Waals surface area contributed by atoms with Crippen molar-refractivity contribution < 1.29 is 9.59 Å². The Morgan fingerprint density at radius 3 is 2.45 bits per heavy atom. The number of amides is 2. The van der Waals surface area contributed by atoms with Crippen molar-refractivity contribution in [1.29, 1.82) is 5.26 Å². The van der Waals surface area contributed by atoms with E-state index in [1.54, 1.807) is 36.1 Å². The lowest BCUT2D eigenvalue weighted by molar-refractivity contribution is -0.131. The number of hydrogen-bond acceptors (Lipinski definition) is 4. The Kier molecular flexibility index (Phi) is 5.12. The summed E-state index contributed by atoms with van der Waals surface area (Å²) >= 11 is 0. The van der Waals surface area contributed by atoms with E-state index in [9.17, 15) is 9.59 Å². The summed E-state index contributed by atoms with van der Waals surface area (Å²) in [4.78, 5) is 27.5. The highest BCUT2D eigenvalue weighted by Crippen LogP contribution is 2.15. The SMILES string of the molecule is CC(=O)N1CCN([C@H](C)C(=O)Nc2ccccc2C#N)CC1. The summed E-state index contributed by atoms with van der Waals surface area (Å²) < 4.78 is 0.